The van der Waals surface area contributed by atoms with Crippen LogP contribution in [-0.2, 0) is 72.8 Å². The smallest absolute Gasteiger partial charge is 0.446 e. The molecule has 3 aromatic carbocycles. The third-order valence-electron chi connectivity index (χ3n) is 11.9. The Morgan fingerprint density at radius 2 is 1.19 bits per heavy atom. The Morgan fingerprint density at radius 3 is 1.80 bits per heavy atom. The number of Topliss-reactive ketones (excluding diaryl/α,β-unsaturated/α-hetero) is 1. The maximum absolute atomic E-state index is 14.3. The standard InChI is InChI=1S/C51H67N9O14S/c1-5-8-18-37(52-4)46(65)57-41(28-45(63)64)47(66)56-39(25-31-15-11-10-12-16-31)49(68)60-50(69)40(27-33-29-53-36-19-14-13-17-35(33)36)58-51(70)42(61)30-54-43(20-9-6-2)59-48(67)38(55-44(62)7-3)26-32-21-23-34(24-22-32)74-75(71,72)73/h10-17,19,21-24,29,37-41,43,52-54H,5-9,18,20,25-28,30H2,1-4H3,(H,55,62)(H,56,66)(H,57,65)(H,58,70)(H,59,67)(H,63,64)(H,60,68,69)(H,71,72,73)/t37-,38-,39-,40-,41-,43-/m0/s1. The van der Waals surface area contributed by atoms with Crippen LogP contribution in [0, 0.1) is 0 Å². The minimum atomic E-state index is -4.79. The van der Waals surface area contributed by atoms with Gasteiger partial charge >= 0.3 is 16.4 Å². The van der Waals surface area contributed by atoms with Gasteiger partial charge < -0.3 is 46.2 Å². The van der Waals surface area contributed by atoms with Gasteiger partial charge in [0.2, 0.25) is 41.2 Å². The number of rotatable bonds is 32. The third kappa shape index (κ3) is 20.4. The van der Waals surface area contributed by atoms with Gasteiger partial charge in [0.25, 0.3) is 5.91 Å². The number of nitrogens with one attached hydrogen (secondary N) is 9. The van der Waals surface area contributed by atoms with Crippen molar-refractivity contribution in [1.29, 1.82) is 0 Å². The number of likely N-dealkylation sites (N-methyl/N-ethyl adjacent to an activating group) is 1. The molecule has 6 atom stereocenters. The number of benzene rings is 3. The van der Waals surface area contributed by atoms with E-state index in [-0.39, 0.29) is 37.9 Å². The summed E-state index contributed by atoms with van der Waals surface area (Å²) in [6, 6.07) is 14.2. The van der Waals surface area contributed by atoms with E-state index in [1.807, 2.05) is 13.8 Å². The predicted molar refractivity (Wildman–Crippen MR) is 275 cm³/mol. The number of aromatic amines is 1. The van der Waals surface area contributed by atoms with Gasteiger partial charge in [-0.15, -0.1) is 0 Å². The van der Waals surface area contributed by atoms with Crippen molar-refractivity contribution in [2.24, 2.45) is 0 Å². The number of hydrogen-bond acceptors (Lipinski definition) is 14. The number of carboxylic acid groups (broad SMARTS) is 1. The van der Waals surface area contributed by atoms with E-state index in [4.69, 9.17) is 4.55 Å². The number of hydrogen-bond donors (Lipinski definition) is 11. The van der Waals surface area contributed by atoms with Crippen molar-refractivity contribution in [3.63, 3.8) is 0 Å². The van der Waals surface area contributed by atoms with E-state index in [0.29, 0.717) is 53.3 Å². The van der Waals surface area contributed by atoms with Gasteiger partial charge in [-0.05, 0) is 54.8 Å². The molecule has 0 aliphatic rings. The molecule has 0 saturated carbocycles. The quantitative estimate of drug-likeness (QED) is 0.0187. The number of carboxylic acids is 1. The van der Waals surface area contributed by atoms with E-state index >= 15 is 0 Å². The van der Waals surface area contributed by atoms with Crippen molar-refractivity contribution >= 4 is 74.4 Å². The van der Waals surface area contributed by atoms with Crippen LogP contribution in [0.3, 0.4) is 0 Å². The number of fused-ring (bicyclic) bond motifs is 1. The van der Waals surface area contributed by atoms with Crippen LogP contribution in [0.25, 0.3) is 10.9 Å². The summed E-state index contributed by atoms with van der Waals surface area (Å²) >= 11 is 0. The maximum Gasteiger partial charge on any atom is 0.446 e. The number of aliphatic carboxylic acids is 1. The number of H-pyrrole nitrogens is 1. The topological polar surface area (TPSA) is 349 Å². The van der Waals surface area contributed by atoms with Crippen LogP contribution in [0.5, 0.6) is 5.75 Å². The third-order valence-corrected chi connectivity index (χ3v) is 12.3. The molecule has 0 fully saturated rings. The minimum absolute atomic E-state index is 0.0390. The summed E-state index contributed by atoms with van der Waals surface area (Å²) in [7, 11) is -3.24. The highest BCUT2D eigenvalue weighted by Crippen LogP contribution is 2.20. The molecule has 0 bridgehead atoms. The Bertz CT molecular complexity index is 2720. The van der Waals surface area contributed by atoms with Crippen molar-refractivity contribution in [2.75, 3.05) is 13.6 Å². The minimum Gasteiger partial charge on any atom is -0.481 e. The molecule has 4 aromatic rings. The molecular weight excluding hydrogens is 995 g/mol. The van der Waals surface area contributed by atoms with Crippen LogP contribution in [0.2, 0.25) is 0 Å². The van der Waals surface area contributed by atoms with Gasteiger partial charge in [-0.3, -0.25) is 58.3 Å². The number of aromatic nitrogens is 1. The van der Waals surface area contributed by atoms with Gasteiger partial charge in [0, 0.05) is 42.8 Å². The predicted octanol–water partition coefficient (Wildman–Crippen LogP) is 1.41. The first-order chi connectivity index (χ1) is 35.7. The Morgan fingerprint density at radius 1 is 0.627 bits per heavy atom. The molecule has 0 aliphatic heterocycles. The first-order valence-electron chi connectivity index (χ1n) is 24.6. The second-order valence-electron chi connectivity index (χ2n) is 17.7. The molecule has 0 radical (unpaired) electrons. The van der Waals surface area contributed by atoms with Crippen LogP contribution in [-0.4, -0.2) is 126 Å². The van der Waals surface area contributed by atoms with E-state index in [1.54, 1.807) is 74.8 Å². The number of carbonyl (C=O) groups is 9. The Hall–Kier alpha value is -7.54. The van der Waals surface area contributed by atoms with Crippen molar-refractivity contribution in [3.8, 4) is 5.75 Å². The zero-order valence-electron chi connectivity index (χ0n) is 42.2. The first-order valence-corrected chi connectivity index (χ1v) is 26.0. The molecule has 0 saturated heterocycles. The summed E-state index contributed by atoms with van der Waals surface area (Å²) in [6.45, 7) is 4.77. The second-order valence-corrected chi connectivity index (χ2v) is 18.7. The summed E-state index contributed by atoms with van der Waals surface area (Å²) in [6.07, 6.45) is 2.76. The van der Waals surface area contributed by atoms with Crippen molar-refractivity contribution in [1.82, 2.24) is 47.5 Å². The second kappa shape index (κ2) is 30.0. The molecule has 23 nitrogen and oxygen atoms in total. The van der Waals surface area contributed by atoms with E-state index in [2.05, 4.69) is 51.7 Å². The van der Waals surface area contributed by atoms with E-state index < -0.39 is 113 Å². The average molecular weight is 1060 g/mol. The lowest BCUT2D eigenvalue weighted by atomic mass is 10.0. The van der Waals surface area contributed by atoms with Crippen LogP contribution < -0.4 is 46.7 Å². The summed E-state index contributed by atoms with van der Waals surface area (Å²) in [5.74, 6) is -8.78. The summed E-state index contributed by atoms with van der Waals surface area (Å²) < 4.78 is 35.7. The van der Waals surface area contributed by atoms with Crippen molar-refractivity contribution in [2.45, 2.75) is 128 Å². The van der Waals surface area contributed by atoms with Crippen LogP contribution in [0.1, 0.15) is 88.8 Å². The monoisotopic (exact) mass is 1060 g/mol. The lowest BCUT2D eigenvalue weighted by molar-refractivity contribution is -0.141. The zero-order chi connectivity index (χ0) is 55.1. The zero-order valence-corrected chi connectivity index (χ0v) is 43.1. The lowest BCUT2D eigenvalue weighted by Gasteiger charge is -2.25. The molecular formula is C51H67N9O14S. The van der Waals surface area contributed by atoms with E-state index in [0.717, 1.165) is 6.42 Å². The molecule has 406 valence electrons. The largest absolute Gasteiger partial charge is 0.481 e. The van der Waals surface area contributed by atoms with Gasteiger partial charge in [-0.25, -0.2) is 0 Å². The summed E-state index contributed by atoms with van der Waals surface area (Å²) in [5, 5.41) is 31.2. The lowest BCUT2D eigenvalue weighted by Crippen LogP contribution is -2.59. The highest BCUT2D eigenvalue weighted by Gasteiger charge is 2.34. The number of carbonyl (C=O) groups excluding carboxylic acids is 8. The van der Waals surface area contributed by atoms with Gasteiger partial charge in [0.05, 0.1) is 25.2 Å². The number of unbranched alkanes of at least 4 members (excludes halogenated alkanes) is 2. The fourth-order valence-electron chi connectivity index (χ4n) is 7.81. The Balaban J connectivity index is 1.54. The highest BCUT2D eigenvalue weighted by molar-refractivity contribution is 7.81. The first kappa shape index (κ1) is 60.0. The van der Waals surface area contributed by atoms with Crippen LogP contribution in [0.4, 0.5) is 0 Å². The number of imide groups is 1. The van der Waals surface area contributed by atoms with Crippen LogP contribution >= 0.6 is 0 Å². The molecule has 0 aliphatic carbocycles. The molecule has 0 spiro atoms. The highest BCUT2D eigenvalue weighted by atomic mass is 32.3. The molecule has 1 aromatic heterocycles. The SMILES string of the molecule is CCCC[C@@H](NCC(=O)C(=O)N[C@@H](Cc1c[nH]c2ccccc12)C(=O)NC(=O)[C@H](Cc1ccccc1)NC(=O)[C@H](CC(=O)O)NC(=O)[C@H](CCCC)NC)NC(=O)[C@H](Cc1ccc(OS(=O)(=O)O)cc1)NC(=O)CC. The fourth-order valence-corrected chi connectivity index (χ4v) is 8.17. The van der Waals surface area contributed by atoms with Crippen LogP contribution in [0.15, 0.2) is 85.1 Å². The molecule has 75 heavy (non-hydrogen) atoms. The molecule has 11 N–H and O–H groups in total. The summed E-state index contributed by atoms with van der Waals surface area (Å²) in [5.41, 5.74) is 2.24. The molecule has 0 unspecified atom stereocenters. The maximum atomic E-state index is 14.3. The van der Waals surface area contributed by atoms with Gasteiger partial charge in [0.1, 0.15) is 29.9 Å². The molecule has 24 heteroatoms. The Labute approximate surface area is 434 Å². The molecule has 7 amide bonds. The van der Waals surface area contributed by atoms with Gasteiger partial charge in [-0.2, -0.15) is 8.42 Å². The average Bonchev–Trinajstić information content (AvgIpc) is 3.78. The van der Waals surface area contributed by atoms with Gasteiger partial charge in [0.15, 0.2) is 0 Å². The fraction of sp³-hybridized carbons (Fsp3) is 0.431. The van der Waals surface area contributed by atoms with Gasteiger partial charge in [-0.1, -0.05) is 107 Å². The molecule has 4 rings (SSSR count). The molecule has 1 heterocycles. The number of para-hydroxylation sites is 1. The number of ketones is 1. The normalized spacial score (nSPS) is 13.7. The van der Waals surface area contributed by atoms with E-state index in [1.165, 1.54) is 24.3 Å². The van der Waals surface area contributed by atoms with Crippen molar-refractivity contribution < 1.29 is 65.4 Å². The summed E-state index contributed by atoms with van der Waals surface area (Å²) in [4.78, 5) is 124. The number of amides is 7. The van der Waals surface area contributed by atoms with E-state index in [9.17, 15) is 56.7 Å². The van der Waals surface area contributed by atoms with Crippen molar-refractivity contribution in [3.05, 3.63) is 102 Å². The Kier molecular flexibility index (Phi) is 24.0.